The monoisotopic (exact) mass is 429 g/mol. The summed E-state index contributed by atoms with van der Waals surface area (Å²) in [5.41, 5.74) is 11.7. The van der Waals surface area contributed by atoms with Gasteiger partial charge in [-0.3, -0.25) is 4.79 Å². The average Bonchev–Trinajstić information content (AvgIpc) is 2.76. The Morgan fingerprint density at radius 1 is 1.19 bits per heavy atom. The molecular weight excluding hydrogens is 402 g/mol. The van der Waals surface area contributed by atoms with Crippen molar-refractivity contribution in [2.45, 2.75) is 39.5 Å². The highest BCUT2D eigenvalue weighted by atomic mass is 16.5. The van der Waals surface area contributed by atoms with E-state index in [2.05, 4.69) is 45.1 Å². The molecule has 0 aromatic heterocycles. The molecule has 0 saturated heterocycles. The van der Waals surface area contributed by atoms with Gasteiger partial charge in [-0.25, -0.2) is 0 Å². The van der Waals surface area contributed by atoms with Gasteiger partial charge in [-0.2, -0.15) is 15.8 Å². The minimum absolute atomic E-state index is 0.0146. The minimum Gasteiger partial charge on any atom is -0.484 e. The van der Waals surface area contributed by atoms with Crippen molar-refractivity contribution in [3.05, 3.63) is 52.7 Å². The Hall–Kier alpha value is -3.76. The van der Waals surface area contributed by atoms with E-state index in [1.165, 1.54) is 0 Å². The summed E-state index contributed by atoms with van der Waals surface area (Å²) in [4.78, 5) is 11.0. The average molecular weight is 430 g/mol. The molecule has 0 bridgehead atoms. The first kappa shape index (κ1) is 22.9. The van der Waals surface area contributed by atoms with Crippen LogP contribution in [0.2, 0.25) is 0 Å². The van der Waals surface area contributed by atoms with Crippen molar-refractivity contribution in [1.29, 1.82) is 15.8 Å². The molecule has 7 nitrogen and oxygen atoms in total. The number of carbonyl (C=O) groups is 1. The zero-order chi connectivity index (χ0) is 23.7. The van der Waals surface area contributed by atoms with Crippen LogP contribution in [0.4, 0.5) is 0 Å². The maximum Gasteiger partial charge on any atom is 0.255 e. The van der Waals surface area contributed by atoms with Gasteiger partial charge in [0.15, 0.2) is 12.0 Å². The van der Waals surface area contributed by atoms with Crippen molar-refractivity contribution in [2.24, 2.45) is 34.1 Å². The van der Waals surface area contributed by atoms with Gasteiger partial charge < -0.3 is 16.2 Å². The van der Waals surface area contributed by atoms with E-state index >= 15 is 0 Å². The van der Waals surface area contributed by atoms with E-state index in [9.17, 15) is 20.6 Å². The summed E-state index contributed by atoms with van der Waals surface area (Å²) in [6.07, 6.45) is 3.61. The van der Waals surface area contributed by atoms with E-state index in [4.69, 9.17) is 16.2 Å². The van der Waals surface area contributed by atoms with Crippen LogP contribution in [0.1, 0.15) is 45.1 Å². The van der Waals surface area contributed by atoms with Crippen LogP contribution in [0.25, 0.3) is 0 Å². The maximum absolute atomic E-state index is 11.0. The number of hydrogen-bond donors (Lipinski definition) is 2. The van der Waals surface area contributed by atoms with E-state index in [-0.39, 0.29) is 29.2 Å². The highest BCUT2D eigenvalue weighted by Gasteiger charge is 2.55. The van der Waals surface area contributed by atoms with Gasteiger partial charge in [0.1, 0.15) is 11.8 Å². The van der Waals surface area contributed by atoms with Gasteiger partial charge in [0, 0.05) is 5.92 Å². The van der Waals surface area contributed by atoms with Crippen molar-refractivity contribution in [3.63, 3.8) is 0 Å². The third kappa shape index (κ3) is 3.81. The zero-order valence-corrected chi connectivity index (χ0v) is 18.6. The molecule has 0 saturated carbocycles. The second-order valence-corrected chi connectivity index (χ2v) is 9.53. The molecule has 0 spiro atoms. The summed E-state index contributed by atoms with van der Waals surface area (Å²) < 4.78 is 5.35. The van der Waals surface area contributed by atoms with Gasteiger partial charge in [0.05, 0.1) is 23.4 Å². The summed E-state index contributed by atoms with van der Waals surface area (Å²) in [5, 5.41) is 30.2. The summed E-state index contributed by atoms with van der Waals surface area (Å²) >= 11 is 0. The van der Waals surface area contributed by atoms with E-state index in [0.717, 1.165) is 24.0 Å². The molecule has 0 unspecified atom stereocenters. The molecule has 1 aromatic rings. The Kier molecular flexibility index (Phi) is 6.02. The number of nitrogens with two attached hydrogens (primary N) is 2. The molecule has 2 aliphatic carbocycles. The van der Waals surface area contributed by atoms with Crippen LogP contribution in [0, 0.1) is 56.7 Å². The number of amides is 1. The second kappa shape index (κ2) is 8.40. The summed E-state index contributed by atoms with van der Waals surface area (Å²) in [6.45, 7) is 6.29. The first-order valence-corrected chi connectivity index (χ1v) is 10.5. The lowest BCUT2D eigenvalue weighted by atomic mass is 9.54. The molecule has 0 radical (unpaired) electrons. The van der Waals surface area contributed by atoms with Crippen molar-refractivity contribution in [1.82, 2.24) is 0 Å². The molecule has 4 N–H and O–H groups in total. The van der Waals surface area contributed by atoms with Crippen LogP contribution in [0.3, 0.4) is 0 Å². The van der Waals surface area contributed by atoms with Crippen LogP contribution in [-0.4, -0.2) is 12.5 Å². The molecule has 1 amide bonds. The predicted octanol–water partition coefficient (Wildman–Crippen LogP) is 3.42. The number of nitrogens with zero attached hydrogens (tertiary/aromatic N) is 3. The third-order valence-corrected chi connectivity index (χ3v) is 6.72. The fraction of sp³-hybridized carbons (Fsp3) is 0.440. The highest BCUT2D eigenvalue weighted by Crippen LogP contribution is 2.57. The second-order valence-electron chi connectivity index (χ2n) is 9.53. The molecule has 1 aromatic carbocycles. The van der Waals surface area contributed by atoms with Gasteiger partial charge in [-0.05, 0) is 53.4 Å². The number of nitriles is 3. The lowest BCUT2D eigenvalue weighted by Crippen LogP contribution is -2.44. The zero-order valence-electron chi connectivity index (χ0n) is 18.6. The Morgan fingerprint density at radius 2 is 1.81 bits per heavy atom. The van der Waals surface area contributed by atoms with Crippen LogP contribution in [0.15, 0.2) is 47.2 Å². The normalized spacial score (nSPS) is 24.2. The Morgan fingerprint density at radius 3 is 2.31 bits per heavy atom. The summed E-state index contributed by atoms with van der Waals surface area (Å²) in [6, 6.07) is 13.4. The first-order valence-electron chi connectivity index (χ1n) is 10.5. The first-order chi connectivity index (χ1) is 15.1. The largest absolute Gasteiger partial charge is 0.484 e. The van der Waals surface area contributed by atoms with E-state index in [1.54, 1.807) is 24.3 Å². The van der Waals surface area contributed by atoms with Gasteiger partial charge in [0.25, 0.3) is 5.91 Å². The van der Waals surface area contributed by atoms with Crippen LogP contribution >= 0.6 is 0 Å². The predicted molar refractivity (Wildman–Crippen MR) is 118 cm³/mol. The number of primary amides is 1. The van der Waals surface area contributed by atoms with E-state index < -0.39 is 17.2 Å². The highest BCUT2D eigenvalue weighted by molar-refractivity contribution is 5.75. The molecule has 7 heteroatoms. The molecule has 0 fully saturated rings. The van der Waals surface area contributed by atoms with Crippen molar-refractivity contribution >= 4 is 5.91 Å². The molecule has 0 heterocycles. The number of allylic oxidation sites excluding steroid dienone is 4. The van der Waals surface area contributed by atoms with Crippen LogP contribution < -0.4 is 16.2 Å². The summed E-state index contributed by atoms with van der Waals surface area (Å²) in [5.74, 6) is -0.549. The fourth-order valence-electron chi connectivity index (χ4n) is 4.90. The van der Waals surface area contributed by atoms with Gasteiger partial charge in [0.2, 0.25) is 0 Å². The molecule has 0 aliphatic heterocycles. The number of benzene rings is 1. The SMILES string of the molecule is CC(C)(C)[C@H]1CC=C2C(C#N)=C(N)C(C#N)(C#N)[C@H](c3ccc(OCC(N)=O)cc3)[C@H]2C1. The number of fused-ring (bicyclic) bond motifs is 1. The van der Waals surface area contributed by atoms with Gasteiger partial charge in [-0.15, -0.1) is 0 Å². The van der Waals surface area contributed by atoms with E-state index in [1.807, 2.05) is 0 Å². The number of carbonyl (C=O) groups excluding carboxylic acids is 1. The molecule has 2 aliphatic rings. The Bertz CT molecular complexity index is 1090. The fourth-order valence-corrected chi connectivity index (χ4v) is 4.90. The molecule has 32 heavy (non-hydrogen) atoms. The molecular formula is C25H27N5O2. The number of ether oxygens (including phenoxy) is 1. The van der Waals surface area contributed by atoms with Crippen LogP contribution in [0.5, 0.6) is 5.75 Å². The third-order valence-electron chi connectivity index (χ3n) is 6.72. The number of hydrogen-bond acceptors (Lipinski definition) is 6. The topological polar surface area (TPSA) is 150 Å². The van der Waals surface area contributed by atoms with Crippen molar-refractivity contribution in [2.75, 3.05) is 6.61 Å². The lowest BCUT2D eigenvalue weighted by molar-refractivity contribution is -0.119. The Balaban J connectivity index is 2.16. The summed E-state index contributed by atoms with van der Waals surface area (Å²) in [7, 11) is 0. The molecule has 3 rings (SSSR count). The maximum atomic E-state index is 11.0. The molecule has 164 valence electrons. The molecule has 3 atom stereocenters. The smallest absolute Gasteiger partial charge is 0.255 e. The van der Waals surface area contributed by atoms with Crippen molar-refractivity contribution in [3.8, 4) is 24.0 Å². The Labute approximate surface area is 188 Å². The number of rotatable bonds is 4. The lowest BCUT2D eigenvalue weighted by Gasteiger charge is -2.47. The van der Waals surface area contributed by atoms with Gasteiger partial charge >= 0.3 is 0 Å². The van der Waals surface area contributed by atoms with Crippen LogP contribution in [-0.2, 0) is 4.79 Å². The quantitative estimate of drug-likeness (QED) is 0.748. The standard InChI is InChI=1S/C25H27N5O2/c1-24(2,3)16-6-9-18-19(10-16)22(25(13-27,14-28)23(30)20(18)11-26)15-4-7-17(8-5-15)32-12-21(29)31/h4-5,7-9,16,19,22H,6,10,12,30H2,1-3H3,(H2,29,31)/t16-,19-,22+/m0/s1. The van der Waals surface area contributed by atoms with Gasteiger partial charge in [-0.1, -0.05) is 39.0 Å². The minimum atomic E-state index is -1.66. The van der Waals surface area contributed by atoms with Crippen molar-refractivity contribution < 1.29 is 9.53 Å². The van der Waals surface area contributed by atoms with E-state index in [0.29, 0.717) is 11.7 Å².